The molecule has 0 bridgehead atoms. The third kappa shape index (κ3) is 4.79. The Bertz CT molecular complexity index is 626. The summed E-state index contributed by atoms with van der Waals surface area (Å²) in [6, 6.07) is 6.38. The normalized spacial score (nSPS) is 11.5. The summed E-state index contributed by atoms with van der Waals surface area (Å²) in [6.07, 6.45) is 3.45. The third-order valence-corrected chi connectivity index (χ3v) is 3.39. The van der Waals surface area contributed by atoms with Crippen molar-refractivity contribution in [2.24, 2.45) is 0 Å². The highest BCUT2D eigenvalue weighted by Gasteiger charge is 2.12. The number of nitrogens with one attached hydrogen (secondary N) is 1. The van der Waals surface area contributed by atoms with E-state index < -0.39 is 0 Å². The summed E-state index contributed by atoms with van der Waals surface area (Å²) in [6.45, 7) is 6.94. The molecule has 0 unspecified atom stereocenters. The van der Waals surface area contributed by atoms with Crippen molar-refractivity contribution in [1.29, 1.82) is 0 Å². The molecular formula is C16H18BrFN2O. The van der Waals surface area contributed by atoms with Gasteiger partial charge in [0.25, 0.3) is 0 Å². The zero-order valence-electron chi connectivity index (χ0n) is 12.3. The molecule has 1 aromatic carbocycles. The average Bonchev–Trinajstić information content (AvgIpc) is 2.41. The molecule has 0 aliphatic heterocycles. The first-order valence-corrected chi connectivity index (χ1v) is 7.45. The van der Waals surface area contributed by atoms with E-state index in [1.165, 1.54) is 6.07 Å². The molecule has 0 saturated heterocycles. The van der Waals surface area contributed by atoms with E-state index in [4.69, 9.17) is 4.74 Å². The number of hydrogen-bond acceptors (Lipinski definition) is 3. The minimum Gasteiger partial charge on any atom is -0.457 e. The van der Waals surface area contributed by atoms with E-state index in [0.29, 0.717) is 22.5 Å². The van der Waals surface area contributed by atoms with Crippen molar-refractivity contribution in [2.75, 3.05) is 0 Å². The fraction of sp³-hybridized carbons (Fsp3) is 0.312. The van der Waals surface area contributed by atoms with Crippen LogP contribution in [0.4, 0.5) is 4.39 Å². The van der Waals surface area contributed by atoms with Crippen LogP contribution in [0.15, 0.2) is 41.1 Å². The highest BCUT2D eigenvalue weighted by atomic mass is 79.9. The Labute approximate surface area is 132 Å². The van der Waals surface area contributed by atoms with E-state index in [-0.39, 0.29) is 11.4 Å². The predicted molar refractivity (Wildman–Crippen MR) is 85.0 cm³/mol. The smallest absolute Gasteiger partial charge is 0.137 e. The summed E-state index contributed by atoms with van der Waals surface area (Å²) in [5.74, 6) is 0.971. The molecule has 1 aromatic heterocycles. The van der Waals surface area contributed by atoms with Crippen LogP contribution in [0.25, 0.3) is 0 Å². The first kappa shape index (κ1) is 15.9. The van der Waals surface area contributed by atoms with Gasteiger partial charge in [0.05, 0.1) is 4.47 Å². The fourth-order valence-electron chi connectivity index (χ4n) is 1.67. The molecule has 1 N–H and O–H groups in total. The number of pyridine rings is 1. The minimum absolute atomic E-state index is 0.00597. The van der Waals surface area contributed by atoms with Crippen LogP contribution >= 0.6 is 15.9 Å². The van der Waals surface area contributed by atoms with E-state index in [9.17, 15) is 4.39 Å². The standard InChI is InChI=1S/C16H18BrFN2O/c1-16(2,3)20-10-11-9-19-7-6-15(11)21-12-4-5-14(18)13(17)8-12/h4-9,20H,10H2,1-3H3. The zero-order chi connectivity index (χ0) is 15.5. The van der Waals surface area contributed by atoms with Crippen molar-refractivity contribution in [3.05, 3.63) is 52.5 Å². The summed E-state index contributed by atoms with van der Waals surface area (Å²) >= 11 is 3.16. The molecule has 112 valence electrons. The van der Waals surface area contributed by atoms with Crippen molar-refractivity contribution in [3.8, 4) is 11.5 Å². The maximum absolute atomic E-state index is 13.2. The van der Waals surface area contributed by atoms with Crippen LogP contribution in [0.1, 0.15) is 26.3 Å². The van der Waals surface area contributed by atoms with Crippen molar-refractivity contribution in [1.82, 2.24) is 10.3 Å². The number of ether oxygens (including phenoxy) is 1. The minimum atomic E-state index is -0.313. The van der Waals surface area contributed by atoms with Crippen LogP contribution in [0.5, 0.6) is 11.5 Å². The largest absolute Gasteiger partial charge is 0.457 e. The topological polar surface area (TPSA) is 34.2 Å². The van der Waals surface area contributed by atoms with Crippen LogP contribution in [0.2, 0.25) is 0 Å². The van der Waals surface area contributed by atoms with Crippen molar-refractivity contribution < 1.29 is 9.13 Å². The highest BCUT2D eigenvalue weighted by molar-refractivity contribution is 9.10. The molecule has 0 radical (unpaired) electrons. The fourth-order valence-corrected chi connectivity index (χ4v) is 2.03. The Morgan fingerprint density at radius 1 is 1.29 bits per heavy atom. The number of nitrogens with zero attached hydrogens (tertiary/aromatic N) is 1. The van der Waals surface area contributed by atoms with E-state index >= 15 is 0 Å². The number of halogens is 2. The summed E-state index contributed by atoms with van der Waals surface area (Å²) in [5.41, 5.74) is 0.958. The van der Waals surface area contributed by atoms with Crippen LogP contribution in [0.3, 0.4) is 0 Å². The average molecular weight is 353 g/mol. The maximum atomic E-state index is 13.2. The number of benzene rings is 1. The van der Waals surface area contributed by atoms with Gasteiger partial charge >= 0.3 is 0 Å². The van der Waals surface area contributed by atoms with Crippen molar-refractivity contribution in [2.45, 2.75) is 32.9 Å². The Kier molecular flexibility index (Phi) is 4.96. The molecular weight excluding hydrogens is 335 g/mol. The van der Waals surface area contributed by atoms with Gasteiger partial charge in [-0.25, -0.2) is 4.39 Å². The Morgan fingerprint density at radius 2 is 2.05 bits per heavy atom. The van der Waals surface area contributed by atoms with Crippen LogP contribution in [-0.4, -0.2) is 10.5 Å². The maximum Gasteiger partial charge on any atom is 0.137 e. The lowest BCUT2D eigenvalue weighted by atomic mass is 10.1. The van der Waals surface area contributed by atoms with Gasteiger partial charge in [-0.2, -0.15) is 0 Å². The molecule has 0 saturated carbocycles. The molecule has 0 spiro atoms. The van der Waals surface area contributed by atoms with Crippen LogP contribution in [0, 0.1) is 5.82 Å². The van der Waals surface area contributed by atoms with Gasteiger partial charge < -0.3 is 10.1 Å². The second-order valence-electron chi connectivity index (χ2n) is 5.76. The Hall–Kier alpha value is -1.46. The van der Waals surface area contributed by atoms with Gasteiger partial charge in [0.1, 0.15) is 17.3 Å². The van der Waals surface area contributed by atoms with Crippen molar-refractivity contribution in [3.63, 3.8) is 0 Å². The van der Waals surface area contributed by atoms with Gasteiger partial charge in [-0.15, -0.1) is 0 Å². The quantitative estimate of drug-likeness (QED) is 0.868. The van der Waals surface area contributed by atoms with Gasteiger partial charge in [0.2, 0.25) is 0 Å². The number of rotatable bonds is 4. The van der Waals surface area contributed by atoms with Gasteiger partial charge in [-0.05, 0) is 61.0 Å². The van der Waals surface area contributed by atoms with Crippen molar-refractivity contribution >= 4 is 15.9 Å². The molecule has 3 nitrogen and oxygen atoms in total. The second-order valence-corrected chi connectivity index (χ2v) is 6.62. The van der Waals surface area contributed by atoms with Gasteiger partial charge in [-0.1, -0.05) is 0 Å². The predicted octanol–water partition coefficient (Wildman–Crippen LogP) is 4.66. The first-order chi connectivity index (χ1) is 9.85. The Balaban J connectivity index is 2.17. The molecule has 21 heavy (non-hydrogen) atoms. The molecule has 0 fully saturated rings. The van der Waals surface area contributed by atoms with Gasteiger partial charge in [-0.3, -0.25) is 4.98 Å². The molecule has 1 heterocycles. The SMILES string of the molecule is CC(C)(C)NCc1cnccc1Oc1ccc(F)c(Br)c1. The third-order valence-electron chi connectivity index (χ3n) is 2.79. The molecule has 0 aliphatic rings. The monoisotopic (exact) mass is 352 g/mol. The second kappa shape index (κ2) is 6.54. The highest BCUT2D eigenvalue weighted by Crippen LogP contribution is 2.28. The van der Waals surface area contributed by atoms with Gasteiger partial charge in [0, 0.05) is 30.0 Å². The van der Waals surface area contributed by atoms with Gasteiger partial charge in [0.15, 0.2) is 0 Å². The van der Waals surface area contributed by atoms with E-state index in [2.05, 4.69) is 47.0 Å². The van der Waals surface area contributed by atoms with E-state index in [1.54, 1.807) is 30.6 Å². The number of hydrogen-bond donors (Lipinski definition) is 1. The number of aromatic nitrogens is 1. The molecule has 5 heteroatoms. The lowest BCUT2D eigenvalue weighted by Gasteiger charge is -2.21. The van der Waals surface area contributed by atoms with E-state index in [1.807, 2.05) is 0 Å². The van der Waals surface area contributed by atoms with Crippen LogP contribution in [-0.2, 0) is 6.54 Å². The summed E-state index contributed by atoms with van der Waals surface area (Å²) in [4.78, 5) is 4.13. The summed E-state index contributed by atoms with van der Waals surface area (Å²) in [5, 5.41) is 3.40. The lowest BCUT2D eigenvalue weighted by molar-refractivity contribution is 0.413. The Morgan fingerprint density at radius 3 is 2.71 bits per heavy atom. The molecule has 2 aromatic rings. The molecule has 2 rings (SSSR count). The summed E-state index contributed by atoms with van der Waals surface area (Å²) in [7, 11) is 0. The summed E-state index contributed by atoms with van der Waals surface area (Å²) < 4.78 is 19.5. The first-order valence-electron chi connectivity index (χ1n) is 6.66. The zero-order valence-corrected chi connectivity index (χ0v) is 13.9. The molecule has 0 aliphatic carbocycles. The van der Waals surface area contributed by atoms with E-state index in [0.717, 1.165) is 5.56 Å². The van der Waals surface area contributed by atoms with Crippen LogP contribution < -0.4 is 10.1 Å². The lowest BCUT2D eigenvalue weighted by Crippen LogP contribution is -2.35. The molecule has 0 atom stereocenters. The molecule has 0 amide bonds.